The van der Waals surface area contributed by atoms with Crippen LogP contribution in [0, 0.1) is 6.92 Å². The molecule has 0 bridgehead atoms. The second-order valence-electron chi connectivity index (χ2n) is 6.41. The second kappa shape index (κ2) is 8.05. The first-order valence-electron chi connectivity index (χ1n) is 8.50. The minimum absolute atomic E-state index is 0.113. The highest BCUT2D eigenvalue weighted by molar-refractivity contribution is 6.05. The highest BCUT2D eigenvalue weighted by atomic mass is 19.4. The number of hydrogen-bond donors (Lipinski definition) is 1. The lowest BCUT2D eigenvalue weighted by molar-refractivity contribution is -0.137. The predicted molar refractivity (Wildman–Crippen MR) is 98.0 cm³/mol. The summed E-state index contributed by atoms with van der Waals surface area (Å²) in [7, 11) is 0. The fraction of sp³-hybridized carbons (Fsp3) is 0.150. The number of hydrogen-bond acceptors (Lipinski definition) is 3. The largest absolute Gasteiger partial charge is 0.416 e. The Balaban J connectivity index is 1.97. The van der Waals surface area contributed by atoms with Crippen molar-refractivity contribution >= 4 is 17.9 Å². The monoisotopic (exact) mass is 423 g/mol. The smallest absolute Gasteiger partial charge is 0.322 e. The summed E-state index contributed by atoms with van der Waals surface area (Å²) in [4.78, 5) is 27.5. The zero-order chi connectivity index (χ0) is 22.1. The van der Waals surface area contributed by atoms with Gasteiger partial charge in [0.25, 0.3) is 12.3 Å². The van der Waals surface area contributed by atoms with Crippen molar-refractivity contribution in [3.63, 3.8) is 0 Å². The average Bonchev–Trinajstić information content (AvgIpc) is 3.12. The number of aryl methyl sites for hydroxylation is 1. The summed E-state index contributed by atoms with van der Waals surface area (Å²) < 4.78 is 67.0. The van der Waals surface area contributed by atoms with Gasteiger partial charge >= 0.3 is 6.18 Å². The van der Waals surface area contributed by atoms with Crippen LogP contribution >= 0.6 is 0 Å². The van der Waals surface area contributed by atoms with Crippen LogP contribution in [0.5, 0.6) is 0 Å². The number of imidazole rings is 1. The maximum Gasteiger partial charge on any atom is 0.416 e. The highest BCUT2D eigenvalue weighted by Crippen LogP contribution is 2.33. The van der Waals surface area contributed by atoms with E-state index >= 15 is 0 Å². The summed E-state index contributed by atoms with van der Waals surface area (Å²) in [5.74, 6) is -0.856. The van der Waals surface area contributed by atoms with E-state index in [1.165, 1.54) is 23.2 Å². The van der Waals surface area contributed by atoms with Gasteiger partial charge in [-0.05, 0) is 37.3 Å². The number of carbonyl (C=O) groups excluding carboxylic acids is 2. The topological polar surface area (TPSA) is 64.0 Å². The molecule has 1 N–H and O–H groups in total. The predicted octanol–water partition coefficient (Wildman–Crippen LogP) is 5.20. The van der Waals surface area contributed by atoms with Gasteiger partial charge in [-0.3, -0.25) is 9.59 Å². The number of benzene rings is 2. The number of amides is 1. The Morgan fingerprint density at radius 2 is 1.90 bits per heavy atom. The number of anilines is 1. The van der Waals surface area contributed by atoms with Crippen molar-refractivity contribution in [2.45, 2.75) is 19.5 Å². The molecule has 2 aromatic carbocycles. The quantitative estimate of drug-likeness (QED) is 0.453. The molecule has 0 radical (unpaired) electrons. The standard InChI is InChI=1S/C20H14F5N3O2/c1-11-8-28(10-26-11)16-6-14(20(23,24)25)5-15(7-16)27-19(30)12-2-3-17(18(21)22)13(4-12)9-29/h2-10,18H,1H3,(H,27,30). The Bertz CT molecular complexity index is 1110. The molecule has 1 amide bonds. The molecule has 0 spiro atoms. The first-order chi connectivity index (χ1) is 14.1. The number of nitrogens with zero attached hydrogens (tertiary/aromatic N) is 2. The number of carbonyl (C=O) groups is 2. The minimum atomic E-state index is -4.67. The first-order valence-corrected chi connectivity index (χ1v) is 8.50. The van der Waals surface area contributed by atoms with Crippen LogP contribution in [-0.4, -0.2) is 21.7 Å². The molecule has 0 unspecified atom stereocenters. The van der Waals surface area contributed by atoms with Gasteiger partial charge in [0.2, 0.25) is 0 Å². The van der Waals surface area contributed by atoms with Gasteiger partial charge in [0.05, 0.1) is 17.6 Å². The third-order valence-electron chi connectivity index (χ3n) is 4.22. The number of rotatable bonds is 5. The van der Waals surface area contributed by atoms with Crippen LogP contribution in [0.4, 0.5) is 27.6 Å². The SMILES string of the molecule is Cc1cn(-c2cc(NC(=O)c3ccc(C(F)F)c(C=O)c3)cc(C(F)(F)F)c2)cn1. The molecule has 1 aromatic heterocycles. The third kappa shape index (κ3) is 4.53. The van der Waals surface area contributed by atoms with E-state index in [2.05, 4.69) is 10.3 Å². The lowest BCUT2D eigenvalue weighted by Crippen LogP contribution is -2.14. The van der Waals surface area contributed by atoms with E-state index in [-0.39, 0.29) is 28.8 Å². The number of aromatic nitrogens is 2. The molecule has 0 aliphatic rings. The van der Waals surface area contributed by atoms with Crippen LogP contribution in [0.15, 0.2) is 48.9 Å². The molecule has 1 heterocycles. The maximum atomic E-state index is 13.3. The van der Waals surface area contributed by atoms with Crippen LogP contribution in [0.2, 0.25) is 0 Å². The molecule has 5 nitrogen and oxygen atoms in total. The van der Waals surface area contributed by atoms with Crippen molar-refractivity contribution in [2.75, 3.05) is 5.32 Å². The summed E-state index contributed by atoms with van der Waals surface area (Å²) in [6.45, 7) is 1.67. The number of nitrogens with one attached hydrogen (secondary N) is 1. The second-order valence-corrected chi connectivity index (χ2v) is 6.41. The van der Waals surface area contributed by atoms with Gasteiger partial charge in [-0.2, -0.15) is 13.2 Å². The van der Waals surface area contributed by atoms with E-state index < -0.39 is 29.6 Å². The fourth-order valence-corrected chi connectivity index (χ4v) is 2.78. The zero-order valence-corrected chi connectivity index (χ0v) is 15.4. The maximum absolute atomic E-state index is 13.3. The van der Waals surface area contributed by atoms with Crippen molar-refractivity contribution in [1.29, 1.82) is 0 Å². The molecular formula is C20H14F5N3O2. The van der Waals surface area contributed by atoms with Crippen LogP contribution < -0.4 is 5.32 Å². The summed E-state index contributed by atoms with van der Waals surface area (Å²) in [6.07, 6.45) is -4.56. The van der Waals surface area contributed by atoms with E-state index in [1.54, 1.807) is 6.92 Å². The number of aldehydes is 1. The third-order valence-corrected chi connectivity index (χ3v) is 4.22. The van der Waals surface area contributed by atoms with Gasteiger partial charge < -0.3 is 9.88 Å². The Morgan fingerprint density at radius 3 is 2.47 bits per heavy atom. The normalized spacial score (nSPS) is 11.6. The molecule has 30 heavy (non-hydrogen) atoms. The van der Waals surface area contributed by atoms with Crippen LogP contribution in [0.3, 0.4) is 0 Å². The molecule has 0 saturated carbocycles. The van der Waals surface area contributed by atoms with Gasteiger partial charge in [0.1, 0.15) is 0 Å². The summed E-state index contributed by atoms with van der Waals surface area (Å²) in [6, 6.07) is 5.91. The van der Waals surface area contributed by atoms with E-state index in [9.17, 15) is 31.5 Å². The summed E-state index contributed by atoms with van der Waals surface area (Å²) in [5.41, 5.74) is -1.54. The van der Waals surface area contributed by atoms with Crippen molar-refractivity contribution in [3.8, 4) is 5.69 Å². The fourth-order valence-electron chi connectivity index (χ4n) is 2.78. The Labute approximate surface area is 167 Å². The lowest BCUT2D eigenvalue weighted by atomic mass is 10.0. The minimum Gasteiger partial charge on any atom is -0.322 e. The number of alkyl halides is 5. The van der Waals surface area contributed by atoms with E-state index in [0.29, 0.717) is 5.69 Å². The Hall–Kier alpha value is -3.56. The van der Waals surface area contributed by atoms with Gasteiger partial charge in [-0.1, -0.05) is 6.07 Å². The van der Waals surface area contributed by atoms with Gasteiger partial charge in [0.15, 0.2) is 6.29 Å². The molecule has 3 rings (SSSR count). The van der Waals surface area contributed by atoms with Crippen molar-refractivity contribution in [3.05, 3.63) is 76.9 Å². The number of halogens is 5. The highest BCUT2D eigenvalue weighted by Gasteiger charge is 2.31. The van der Waals surface area contributed by atoms with E-state index in [1.807, 2.05) is 0 Å². The molecule has 0 atom stereocenters. The molecular weight excluding hydrogens is 409 g/mol. The molecule has 0 aliphatic carbocycles. The van der Waals surface area contributed by atoms with Gasteiger partial charge in [0, 0.05) is 34.3 Å². The first kappa shape index (κ1) is 21.2. The van der Waals surface area contributed by atoms with Crippen molar-refractivity contribution in [2.24, 2.45) is 0 Å². The van der Waals surface area contributed by atoms with Gasteiger partial charge in [-0.25, -0.2) is 13.8 Å². The van der Waals surface area contributed by atoms with Crippen LogP contribution in [0.1, 0.15) is 44.0 Å². The van der Waals surface area contributed by atoms with E-state index in [4.69, 9.17) is 0 Å². The molecule has 3 aromatic rings. The lowest BCUT2D eigenvalue weighted by Gasteiger charge is -2.14. The molecule has 156 valence electrons. The van der Waals surface area contributed by atoms with Crippen LogP contribution in [0.25, 0.3) is 5.69 Å². The van der Waals surface area contributed by atoms with Crippen LogP contribution in [-0.2, 0) is 6.18 Å². The van der Waals surface area contributed by atoms with Gasteiger partial charge in [-0.15, -0.1) is 0 Å². The Kier molecular flexibility index (Phi) is 5.68. The Morgan fingerprint density at radius 1 is 1.17 bits per heavy atom. The zero-order valence-electron chi connectivity index (χ0n) is 15.4. The van der Waals surface area contributed by atoms with Crippen molar-refractivity contribution in [1.82, 2.24) is 9.55 Å². The molecule has 0 aliphatic heterocycles. The summed E-state index contributed by atoms with van der Waals surface area (Å²) in [5, 5.41) is 2.31. The van der Waals surface area contributed by atoms with Crippen molar-refractivity contribution < 1.29 is 31.5 Å². The molecule has 0 saturated heterocycles. The molecule has 10 heteroatoms. The van der Waals surface area contributed by atoms with E-state index in [0.717, 1.165) is 30.3 Å². The molecule has 0 fully saturated rings. The summed E-state index contributed by atoms with van der Waals surface area (Å²) >= 11 is 0. The average molecular weight is 423 g/mol.